The summed E-state index contributed by atoms with van der Waals surface area (Å²) in [6, 6.07) is 16.7. The molecule has 0 N–H and O–H groups in total. The summed E-state index contributed by atoms with van der Waals surface area (Å²) in [6.07, 6.45) is 0. The summed E-state index contributed by atoms with van der Waals surface area (Å²) in [5.41, 5.74) is 0. The number of benzene rings is 2. The highest BCUT2D eigenvalue weighted by Crippen LogP contribution is 2.29. The molecule has 0 spiro atoms. The van der Waals surface area contributed by atoms with Crippen LogP contribution in [0.3, 0.4) is 0 Å². The molecule has 0 aliphatic carbocycles. The predicted molar refractivity (Wildman–Crippen MR) is 122 cm³/mol. The van der Waals surface area contributed by atoms with Gasteiger partial charge in [-0.15, -0.1) is 0 Å². The van der Waals surface area contributed by atoms with E-state index in [2.05, 4.69) is 0 Å². The number of nitrogens with zero attached hydrogens (tertiary/aromatic N) is 2. The maximum absolute atomic E-state index is 13.3. The lowest BCUT2D eigenvalue weighted by molar-refractivity contribution is -0.109. The lowest BCUT2D eigenvalue weighted by Gasteiger charge is -2.29. The highest BCUT2D eigenvalue weighted by molar-refractivity contribution is 8.13. The van der Waals surface area contributed by atoms with E-state index in [0.717, 1.165) is 21.6 Å². The Hall–Kier alpha value is -1.32. The number of rotatable bonds is 10. The van der Waals surface area contributed by atoms with Crippen molar-refractivity contribution in [1.82, 2.24) is 9.21 Å². The number of carbonyl (C=O) groups is 1. The van der Waals surface area contributed by atoms with Gasteiger partial charge in [0.2, 0.25) is 10.0 Å². The first-order valence-electron chi connectivity index (χ1n) is 9.33. The number of hydrogen-bond acceptors (Lipinski definition) is 6. The van der Waals surface area contributed by atoms with Crippen LogP contribution in [0.1, 0.15) is 13.8 Å². The van der Waals surface area contributed by atoms with Crippen LogP contribution in [0.2, 0.25) is 0 Å². The highest BCUT2D eigenvalue weighted by atomic mass is 32.2. The van der Waals surface area contributed by atoms with E-state index in [1.165, 1.54) is 11.2 Å². The molecule has 2 aromatic rings. The van der Waals surface area contributed by atoms with Gasteiger partial charge in [0.1, 0.15) is 0 Å². The van der Waals surface area contributed by atoms with Gasteiger partial charge in [-0.3, -0.25) is 4.79 Å². The van der Waals surface area contributed by atoms with Crippen LogP contribution < -0.4 is 0 Å². The molecule has 2 aromatic carbocycles. The molecular weight excluding hydrogens is 424 g/mol. The third kappa shape index (κ3) is 7.46. The molecule has 0 amide bonds. The molecule has 0 unspecified atom stereocenters. The summed E-state index contributed by atoms with van der Waals surface area (Å²) in [5.74, 6) is 0.434. The van der Waals surface area contributed by atoms with Crippen LogP contribution in [0, 0.1) is 0 Å². The SMILES string of the molecule is CC(=O)SC[C@@H](C)N(CCN(C)C)S(=O)(=O)c1ccc(Sc2ccccc2)cc1. The molecule has 0 bridgehead atoms. The van der Waals surface area contributed by atoms with Gasteiger partial charge in [-0.05, 0) is 57.4 Å². The fourth-order valence-electron chi connectivity index (χ4n) is 2.64. The summed E-state index contributed by atoms with van der Waals surface area (Å²) in [6.45, 7) is 4.33. The zero-order valence-electron chi connectivity index (χ0n) is 17.2. The zero-order valence-corrected chi connectivity index (χ0v) is 19.7. The van der Waals surface area contributed by atoms with Crippen molar-refractivity contribution in [2.24, 2.45) is 0 Å². The minimum atomic E-state index is -3.66. The molecular formula is C21H28N2O3S3. The first-order valence-corrected chi connectivity index (χ1v) is 12.6. The van der Waals surface area contributed by atoms with Crippen molar-refractivity contribution in [3.8, 4) is 0 Å². The molecule has 0 saturated heterocycles. The topological polar surface area (TPSA) is 57.7 Å². The minimum Gasteiger partial charge on any atom is -0.308 e. The lowest BCUT2D eigenvalue weighted by atomic mass is 10.4. The Morgan fingerprint density at radius 1 is 0.966 bits per heavy atom. The second-order valence-electron chi connectivity index (χ2n) is 6.96. The first-order chi connectivity index (χ1) is 13.7. The van der Waals surface area contributed by atoms with Crippen molar-refractivity contribution in [1.29, 1.82) is 0 Å². The van der Waals surface area contributed by atoms with Gasteiger partial charge in [-0.25, -0.2) is 8.42 Å². The van der Waals surface area contributed by atoms with Crippen LogP contribution in [-0.4, -0.2) is 61.7 Å². The maximum Gasteiger partial charge on any atom is 0.243 e. The Morgan fingerprint density at radius 3 is 2.10 bits per heavy atom. The molecule has 0 aromatic heterocycles. The fourth-order valence-corrected chi connectivity index (χ4v) is 5.85. The molecule has 0 saturated carbocycles. The van der Waals surface area contributed by atoms with Crippen molar-refractivity contribution < 1.29 is 13.2 Å². The Morgan fingerprint density at radius 2 is 1.55 bits per heavy atom. The van der Waals surface area contributed by atoms with Gasteiger partial charge >= 0.3 is 0 Å². The number of likely N-dealkylation sites (N-methyl/N-ethyl adjacent to an activating group) is 1. The van der Waals surface area contributed by atoms with Crippen LogP contribution in [0.15, 0.2) is 69.3 Å². The van der Waals surface area contributed by atoms with Crippen molar-refractivity contribution in [3.63, 3.8) is 0 Å². The van der Waals surface area contributed by atoms with Crippen LogP contribution >= 0.6 is 23.5 Å². The third-order valence-corrected chi connectivity index (χ3v) is 8.30. The maximum atomic E-state index is 13.3. The van der Waals surface area contributed by atoms with E-state index in [4.69, 9.17) is 0 Å². The average Bonchev–Trinajstić information content (AvgIpc) is 2.67. The summed E-state index contributed by atoms with van der Waals surface area (Å²) < 4.78 is 28.1. The molecule has 29 heavy (non-hydrogen) atoms. The monoisotopic (exact) mass is 452 g/mol. The van der Waals surface area contributed by atoms with E-state index in [-0.39, 0.29) is 16.1 Å². The Balaban J connectivity index is 2.21. The number of sulfonamides is 1. The number of thioether (sulfide) groups is 1. The van der Waals surface area contributed by atoms with Gasteiger partial charge in [-0.2, -0.15) is 4.31 Å². The van der Waals surface area contributed by atoms with Crippen molar-refractivity contribution in [3.05, 3.63) is 54.6 Å². The largest absolute Gasteiger partial charge is 0.308 e. The highest BCUT2D eigenvalue weighted by Gasteiger charge is 2.29. The molecule has 0 radical (unpaired) electrons. The molecule has 0 fully saturated rings. The standard InChI is InChI=1S/C21H28N2O3S3/c1-17(16-27-18(2)24)23(15-14-22(3)4)29(25,26)21-12-10-20(11-13-21)28-19-8-6-5-7-9-19/h5-13,17H,14-16H2,1-4H3/t17-/m1/s1. The summed E-state index contributed by atoms with van der Waals surface area (Å²) in [4.78, 5) is 15.6. The van der Waals surface area contributed by atoms with Gasteiger partial charge in [0.05, 0.1) is 4.90 Å². The molecule has 158 valence electrons. The van der Waals surface area contributed by atoms with Crippen molar-refractivity contribution >= 4 is 38.7 Å². The van der Waals surface area contributed by atoms with E-state index < -0.39 is 10.0 Å². The van der Waals surface area contributed by atoms with E-state index in [0.29, 0.717) is 18.8 Å². The Bertz CT molecular complexity index is 885. The molecule has 2 rings (SSSR count). The lowest BCUT2D eigenvalue weighted by Crippen LogP contribution is -2.43. The number of hydrogen-bond donors (Lipinski definition) is 0. The molecule has 8 heteroatoms. The van der Waals surface area contributed by atoms with Crippen LogP contribution in [0.25, 0.3) is 0 Å². The van der Waals surface area contributed by atoms with E-state index in [1.807, 2.05) is 68.4 Å². The normalized spacial score (nSPS) is 13.0. The molecule has 0 aliphatic heterocycles. The summed E-state index contributed by atoms with van der Waals surface area (Å²) >= 11 is 2.75. The molecule has 5 nitrogen and oxygen atoms in total. The van der Waals surface area contributed by atoms with Gasteiger partial charge < -0.3 is 4.90 Å². The van der Waals surface area contributed by atoms with Crippen molar-refractivity contribution in [2.45, 2.75) is 34.6 Å². The van der Waals surface area contributed by atoms with E-state index in [1.54, 1.807) is 23.9 Å². The Kier molecular flexibility index (Phi) is 9.23. The van der Waals surface area contributed by atoms with Crippen molar-refractivity contribution in [2.75, 3.05) is 32.9 Å². The second kappa shape index (κ2) is 11.2. The Labute approximate surface area is 182 Å². The third-order valence-electron chi connectivity index (χ3n) is 4.20. The van der Waals surface area contributed by atoms with Gasteiger partial charge in [0.15, 0.2) is 5.12 Å². The molecule has 0 aliphatic rings. The summed E-state index contributed by atoms with van der Waals surface area (Å²) in [7, 11) is 0.163. The van der Waals surface area contributed by atoms with E-state index in [9.17, 15) is 13.2 Å². The quantitative estimate of drug-likeness (QED) is 0.542. The van der Waals surface area contributed by atoms with Gasteiger partial charge in [-0.1, -0.05) is 41.7 Å². The fraction of sp³-hybridized carbons (Fsp3) is 0.381. The smallest absolute Gasteiger partial charge is 0.243 e. The minimum absolute atomic E-state index is 0.0101. The predicted octanol–water partition coefficient (Wildman–Crippen LogP) is 4.06. The van der Waals surface area contributed by atoms with Crippen LogP contribution in [-0.2, 0) is 14.8 Å². The summed E-state index contributed by atoms with van der Waals surface area (Å²) in [5, 5.41) is -0.0101. The van der Waals surface area contributed by atoms with Gasteiger partial charge in [0.25, 0.3) is 0 Å². The first kappa shape index (κ1) is 24.0. The second-order valence-corrected chi connectivity index (χ2v) is 11.2. The zero-order chi connectivity index (χ0) is 21.4. The molecule has 1 atom stereocenters. The molecule has 0 heterocycles. The van der Waals surface area contributed by atoms with E-state index >= 15 is 0 Å². The average molecular weight is 453 g/mol. The van der Waals surface area contributed by atoms with Crippen LogP contribution in [0.4, 0.5) is 0 Å². The van der Waals surface area contributed by atoms with Gasteiger partial charge in [0, 0.05) is 41.6 Å². The van der Waals surface area contributed by atoms with Crippen LogP contribution in [0.5, 0.6) is 0 Å². The number of carbonyl (C=O) groups excluding carboxylic acids is 1.